The normalized spacial score (nSPS) is 21.3. The average molecular weight is 415 g/mol. The van der Waals surface area contributed by atoms with E-state index < -0.39 is 11.6 Å². The van der Waals surface area contributed by atoms with Crippen molar-refractivity contribution >= 4 is 29.5 Å². The number of rotatable bonds is 5. The molecule has 29 heavy (non-hydrogen) atoms. The van der Waals surface area contributed by atoms with Crippen LogP contribution in [0.1, 0.15) is 33.7 Å². The van der Waals surface area contributed by atoms with Crippen molar-refractivity contribution in [2.24, 2.45) is 0 Å². The first-order valence-electron chi connectivity index (χ1n) is 9.47. The van der Waals surface area contributed by atoms with E-state index in [4.69, 9.17) is 0 Å². The maximum absolute atomic E-state index is 13.1. The van der Waals surface area contributed by atoms with Gasteiger partial charge in [-0.2, -0.15) is 11.8 Å². The van der Waals surface area contributed by atoms with Crippen LogP contribution in [0.25, 0.3) is 0 Å². The van der Waals surface area contributed by atoms with Crippen molar-refractivity contribution in [1.29, 1.82) is 0 Å². The maximum atomic E-state index is 13.1. The third-order valence-corrected chi connectivity index (χ3v) is 6.89. The number of aryl methyl sites for hydroxylation is 1. The first-order valence-corrected chi connectivity index (χ1v) is 10.6. The minimum Gasteiger partial charge on any atom is -0.344 e. The molecule has 3 amide bonds. The van der Waals surface area contributed by atoms with Gasteiger partial charge in [0.25, 0.3) is 5.91 Å². The Labute approximate surface area is 172 Å². The van der Waals surface area contributed by atoms with Crippen LogP contribution in [-0.4, -0.2) is 50.8 Å². The van der Waals surface area contributed by atoms with E-state index in [9.17, 15) is 18.8 Å². The molecule has 1 aromatic carbocycles. The van der Waals surface area contributed by atoms with Crippen molar-refractivity contribution < 1.29 is 18.8 Å². The van der Waals surface area contributed by atoms with Gasteiger partial charge < -0.3 is 9.88 Å². The number of nitrogens with zero attached hydrogens (tertiary/aromatic N) is 2. The fourth-order valence-corrected chi connectivity index (χ4v) is 5.31. The van der Waals surface area contributed by atoms with Crippen molar-refractivity contribution in [3.05, 3.63) is 58.7 Å². The van der Waals surface area contributed by atoms with E-state index >= 15 is 0 Å². The predicted octanol–water partition coefficient (Wildman–Crippen LogP) is 2.90. The Balaban J connectivity index is 1.53. The lowest BCUT2D eigenvalue weighted by molar-refractivity contribution is -0.130. The molecule has 0 bridgehead atoms. The molecule has 0 radical (unpaired) electrons. The van der Waals surface area contributed by atoms with Crippen molar-refractivity contribution in [3.8, 4) is 0 Å². The second-order valence-electron chi connectivity index (χ2n) is 7.63. The molecule has 1 spiro atoms. The van der Waals surface area contributed by atoms with Crippen molar-refractivity contribution in [3.63, 3.8) is 0 Å². The number of nitrogens with one attached hydrogen (secondary N) is 1. The third-order valence-electron chi connectivity index (χ3n) is 5.70. The molecule has 2 saturated heterocycles. The fraction of sp³-hybridized carbons (Fsp3) is 0.381. The van der Waals surface area contributed by atoms with Crippen LogP contribution in [0.5, 0.6) is 0 Å². The maximum Gasteiger partial charge on any atom is 0.325 e. The third kappa shape index (κ3) is 3.46. The zero-order chi connectivity index (χ0) is 20.8. The largest absolute Gasteiger partial charge is 0.344 e. The smallest absolute Gasteiger partial charge is 0.325 e. The molecule has 8 heteroatoms. The highest BCUT2D eigenvalue weighted by atomic mass is 32.2. The number of amides is 3. The highest BCUT2D eigenvalue weighted by Crippen LogP contribution is 2.33. The second-order valence-corrected chi connectivity index (χ2v) is 8.73. The summed E-state index contributed by atoms with van der Waals surface area (Å²) in [6.07, 6.45) is 0.596. The van der Waals surface area contributed by atoms with E-state index in [1.165, 1.54) is 12.1 Å². The average Bonchev–Trinajstić information content (AvgIpc) is 3.33. The van der Waals surface area contributed by atoms with Gasteiger partial charge in [0, 0.05) is 29.2 Å². The van der Waals surface area contributed by atoms with Crippen LogP contribution in [0, 0.1) is 19.7 Å². The number of hydrogen-bond acceptors (Lipinski definition) is 4. The van der Waals surface area contributed by atoms with Crippen LogP contribution in [0.3, 0.4) is 0 Å². The first kappa shape index (κ1) is 19.7. The second kappa shape index (κ2) is 7.33. The van der Waals surface area contributed by atoms with E-state index in [2.05, 4.69) is 5.32 Å². The Morgan fingerprint density at radius 2 is 1.97 bits per heavy atom. The molecule has 1 unspecified atom stereocenters. The van der Waals surface area contributed by atoms with Gasteiger partial charge in [0.2, 0.25) is 0 Å². The van der Waals surface area contributed by atoms with E-state index in [1.54, 1.807) is 30.0 Å². The van der Waals surface area contributed by atoms with E-state index in [1.807, 2.05) is 18.4 Å². The van der Waals surface area contributed by atoms with Gasteiger partial charge in [-0.05, 0) is 49.8 Å². The Kier molecular flexibility index (Phi) is 4.98. The Bertz CT molecular complexity index is 993. The number of ketones is 1. The number of benzene rings is 1. The van der Waals surface area contributed by atoms with Gasteiger partial charge in [0.1, 0.15) is 11.4 Å². The van der Waals surface area contributed by atoms with Crippen LogP contribution < -0.4 is 5.32 Å². The predicted molar refractivity (Wildman–Crippen MR) is 109 cm³/mol. The Morgan fingerprint density at radius 3 is 2.62 bits per heavy atom. The molecule has 2 aliphatic heterocycles. The highest BCUT2D eigenvalue weighted by molar-refractivity contribution is 7.99. The molecule has 3 heterocycles. The summed E-state index contributed by atoms with van der Waals surface area (Å²) in [6.45, 7) is 3.98. The van der Waals surface area contributed by atoms with Crippen molar-refractivity contribution in [2.45, 2.75) is 32.4 Å². The molecule has 1 N–H and O–H groups in total. The number of thioether (sulfide) groups is 1. The van der Waals surface area contributed by atoms with E-state index in [0.717, 1.165) is 27.6 Å². The fourth-order valence-electron chi connectivity index (χ4n) is 3.98. The molecule has 0 aliphatic carbocycles. The van der Waals surface area contributed by atoms with Crippen LogP contribution in [0.2, 0.25) is 0 Å². The molecule has 2 aliphatic rings. The molecule has 1 aromatic heterocycles. The first-order chi connectivity index (χ1) is 13.8. The quantitative estimate of drug-likeness (QED) is 0.602. The molecule has 1 atom stereocenters. The summed E-state index contributed by atoms with van der Waals surface area (Å²) in [5.74, 6) is 0.500. The zero-order valence-corrected chi connectivity index (χ0v) is 17.1. The lowest BCUT2D eigenvalue weighted by Crippen LogP contribution is -2.47. The SMILES string of the molecule is Cc1cc(C(=O)CN2C(=O)NC3(CCSC3)C2=O)c(C)n1Cc1ccc(F)cc1. The lowest BCUT2D eigenvalue weighted by atomic mass is 9.99. The summed E-state index contributed by atoms with van der Waals surface area (Å²) in [7, 11) is 0. The van der Waals surface area contributed by atoms with E-state index in [-0.39, 0.29) is 24.1 Å². The molecule has 152 valence electrons. The number of hydrogen-bond donors (Lipinski definition) is 1. The van der Waals surface area contributed by atoms with Gasteiger partial charge >= 0.3 is 6.03 Å². The summed E-state index contributed by atoms with van der Waals surface area (Å²) in [4.78, 5) is 39.1. The molecule has 2 aromatic rings. The van der Waals surface area contributed by atoms with Gasteiger partial charge in [-0.25, -0.2) is 9.18 Å². The number of imide groups is 1. The van der Waals surface area contributed by atoms with Crippen LogP contribution in [0.4, 0.5) is 9.18 Å². The number of Topliss-reactive ketones (excluding diaryl/α,β-unsaturated/α-hetero) is 1. The van der Waals surface area contributed by atoms with Crippen LogP contribution in [0.15, 0.2) is 30.3 Å². The zero-order valence-electron chi connectivity index (χ0n) is 16.3. The molecular formula is C21H22FN3O3S. The van der Waals surface area contributed by atoms with Crippen LogP contribution >= 0.6 is 11.8 Å². The molecule has 6 nitrogen and oxygen atoms in total. The van der Waals surface area contributed by atoms with Gasteiger partial charge in [0.05, 0.1) is 6.54 Å². The van der Waals surface area contributed by atoms with Gasteiger partial charge in [-0.3, -0.25) is 14.5 Å². The summed E-state index contributed by atoms with van der Waals surface area (Å²) in [6, 6.07) is 7.52. The molecule has 4 rings (SSSR count). The molecular weight excluding hydrogens is 393 g/mol. The standard InChI is InChI=1S/C21H22FN3O3S/c1-13-9-17(14(2)24(13)10-15-3-5-16(22)6-4-15)18(26)11-25-19(27)21(23-20(25)28)7-8-29-12-21/h3-6,9H,7-8,10-12H2,1-2H3,(H,23,28). The number of aromatic nitrogens is 1. The van der Waals surface area contributed by atoms with Gasteiger partial charge in [-0.1, -0.05) is 12.1 Å². The summed E-state index contributed by atoms with van der Waals surface area (Å²) >= 11 is 1.63. The lowest BCUT2D eigenvalue weighted by Gasteiger charge is -2.19. The minimum absolute atomic E-state index is 0.266. The summed E-state index contributed by atoms with van der Waals surface area (Å²) < 4.78 is 15.1. The topological polar surface area (TPSA) is 71.4 Å². The summed E-state index contributed by atoms with van der Waals surface area (Å²) in [5.41, 5.74) is 2.21. The number of urea groups is 1. The van der Waals surface area contributed by atoms with Crippen molar-refractivity contribution in [2.75, 3.05) is 18.1 Å². The van der Waals surface area contributed by atoms with Gasteiger partial charge in [-0.15, -0.1) is 0 Å². The number of halogens is 1. The Hall–Kier alpha value is -2.61. The van der Waals surface area contributed by atoms with Gasteiger partial charge in [0.15, 0.2) is 5.78 Å². The summed E-state index contributed by atoms with van der Waals surface area (Å²) in [5, 5.41) is 2.78. The number of carbonyl (C=O) groups excluding carboxylic acids is 3. The van der Waals surface area contributed by atoms with E-state index in [0.29, 0.717) is 24.3 Å². The monoisotopic (exact) mass is 415 g/mol. The van der Waals surface area contributed by atoms with Crippen LogP contribution in [-0.2, 0) is 11.3 Å². The molecule has 0 saturated carbocycles. The molecule has 2 fully saturated rings. The minimum atomic E-state index is -0.846. The number of carbonyl (C=O) groups is 3. The highest BCUT2D eigenvalue weighted by Gasteiger charge is 2.53. The van der Waals surface area contributed by atoms with Crippen molar-refractivity contribution in [1.82, 2.24) is 14.8 Å². The Morgan fingerprint density at radius 1 is 1.24 bits per heavy atom.